The van der Waals surface area contributed by atoms with Crippen molar-refractivity contribution in [1.82, 2.24) is 9.80 Å². The molecule has 7 heteroatoms. The molecule has 0 aliphatic carbocycles. The maximum atomic E-state index is 13.4. The first-order chi connectivity index (χ1) is 14.5. The highest BCUT2D eigenvalue weighted by Gasteiger charge is 2.38. The Bertz CT molecular complexity index is 919. The minimum absolute atomic E-state index is 0.00711. The number of carbonyl (C=O) groups excluding carboxylic acids is 1. The van der Waals surface area contributed by atoms with Gasteiger partial charge in [0.1, 0.15) is 0 Å². The predicted octanol–water partition coefficient (Wildman–Crippen LogP) is 2.84. The van der Waals surface area contributed by atoms with Gasteiger partial charge in [0.05, 0.1) is 20.3 Å². The monoisotopic (exact) mass is 429 g/mol. The van der Waals surface area contributed by atoms with Gasteiger partial charge in [0.25, 0.3) is 0 Å². The SMILES string of the molecule is COc1cc2c(cc1OC)CN(C(=O)[C@@H]1C[C@H](N)CN1Cc1ccc(Cl)cc1)CC2. The molecule has 2 N–H and O–H groups in total. The van der Waals surface area contributed by atoms with Crippen molar-refractivity contribution in [2.75, 3.05) is 27.3 Å². The number of rotatable bonds is 5. The number of carbonyl (C=O) groups is 1. The first-order valence-corrected chi connectivity index (χ1v) is 10.6. The number of fused-ring (bicyclic) bond motifs is 1. The van der Waals surface area contributed by atoms with Crippen molar-refractivity contribution in [3.63, 3.8) is 0 Å². The van der Waals surface area contributed by atoms with Crippen LogP contribution >= 0.6 is 11.6 Å². The van der Waals surface area contributed by atoms with Crippen LogP contribution in [0.5, 0.6) is 11.5 Å². The summed E-state index contributed by atoms with van der Waals surface area (Å²) in [6.07, 6.45) is 1.49. The average molecular weight is 430 g/mol. The van der Waals surface area contributed by atoms with Crippen molar-refractivity contribution in [2.24, 2.45) is 5.73 Å². The second-order valence-corrected chi connectivity index (χ2v) is 8.49. The van der Waals surface area contributed by atoms with E-state index < -0.39 is 0 Å². The lowest BCUT2D eigenvalue weighted by Gasteiger charge is -2.34. The first-order valence-electron chi connectivity index (χ1n) is 10.2. The maximum Gasteiger partial charge on any atom is 0.240 e. The van der Waals surface area contributed by atoms with Crippen LogP contribution in [0.4, 0.5) is 0 Å². The fourth-order valence-corrected chi connectivity index (χ4v) is 4.60. The minimum atomic E-state index is -0.197. The van der Waals surface area contributed by atoms with Gasteiger partial charge in [-0.15, -0.1) is 0 Å². The van der Waals surface area contributed by atoms with E-state index in [9.17, 15) is 4.79 Å². The molecule has 2 heterocycles. The van der Waals surface area contributed by atoms with Crippen molar-refractivity contribution in [3.05, 3.63) is 58.1 Å². The molecule has 0 unspecified atom stereocenters. The quantitative estimate of drug-likeness (QED) is 0.791. The summed E-state index contributed by atoms with van der Waals surface area (Å²) < 4.78 is 10.9. The third-order valence-corrected chi connectivity index (χ3v) is 6.30. The van der Waals surface area contributed by atoms with Gasteiger partial charge >= 0.3 is 0 Å². The number of likely N-dealkylation sites (tertiary alicyclic amines) is 1. The lowest BCUT2D eigenvalue weighted by atomic mass is 9.98. The molecule has 0 radical (unpaired) electrons. The van der Waals surface area contributed by atoms with E-state index in [4.69, 9.17) is 26.8 Å². The number of benzene rings is 2. The van der Waals surface area contributed by atoms with Gasteiger partial charge in [-0.25, -0.2) is 0 Å². The largest absolute Gasteiger partial charge is 0.493 e. The Hall–Kier alpha value is -2.28. The third-order valence-electron chi connectivity index (χ3n) is 6.05. The average Bonchev–Trinajstić information content (AvgIpc) is 3.13. The Balaban J connectivity index is 1.50. The van der Waals surface area contributed by atoms with Crippen molar-refractivity contribution in [3.8, 4) is 11.5 Å². The fraction of sp³-hybridized carbons (Fsp3) is 0.435. The first kappa shape index (κ1) is 21.0. The summed E-state index contributed by atoms with van der Waals surface area (Å²) in [5.41, 5.74) is 9.69. The summed E-state index contributed by atoms with van der Waals surface area (Å²) >= 11 is 6.00. The van der Waals surface area contributed by atoms with Crippen LogP contribution in [0.2, 0.25) is 5.02 Å². The van der Waals surface area contributed by atoms with Gasteiger partial charge in [0.15, 0.2) is 11.5 Å². The second-order valence-electron chi connectivity index (χ2n) is 8.05. The molecule has 4 rings (SSSR count). The molecule has 0 spiro atoms. The normalized spacial score (nSPS) is 21.4. The molecule has 0 bridgehead atoms. The lowest BCUT2D eigenvalue weighted by Crippen LogP contribution is -2.47. The summed E-state index contributed by atoms with van der Waals surface area (Å²) in [6, 6.07) is 11.6. The van der Waals surface area contributed by atoms with E-state index >= 15 is 0 Å². The van der Waals surface area contributed by atoms with Crippen LogP contribution in [-0.2, 0) is 24.3 Å². The summed E-state index contributed by atoms with van der Waals surface area (Å²) in [4.78, 5) is 17.6. The molecule has 160 valence electrons. The molecule has 0 aromatic heterocycles. The minimum Gasteiger partial charge on any atom is -0.493 e. The van der Waals surface area contributed by atoms with Crippen molar-refractivity contribution >= 4 is 17.5 Å². The van der Waals surface area contributed by atoms with Gasteiger partial charge in [-0.3, -0.25) is 9.69 Å². The van der Waals surface area contributed by atoms with E-state index in [1.54, 1.807) is 14.2 Å². The molecule has 1 amide bonds. The Labute approximate surface area is 182 Å². The van der Waals surface area contributed by atoms with Gasteiger partial charge in [-0.1, -0.05) is 23.7 Å². The molecule has 2 aliphatic rings. The number of hydrogen-bond donors (Lipinski definition) is 1. The van der Waals surface area contributed by atoms with Crippen molar-refractivity contribution in [2.45, 2.75) is 38.0 Å². The zero-order valence-corrected chi connectivity index (χ0v) is 18.2. The molecule has 30 heavy (non-hydrogen) atoms. The zero-order valence-electron chi connectivity index (χ0n) is 17.4. The Morgan fingerprint density at radius 3 is 2.47 bits per heavy atom. The third kappa shape index (κ3) is 4.26. The fourth-order valence-electron chi connectivity index (χ4n) is 4.48. The molecular formula is C23H28ClN3O3. The van der Waals surface area contributed by atoms with Gasteiger partial charge in [0.2, 0.25) is 5.91 Å². The van der Waals surface area contributed by atoms with E-state index in [1.807, 2.05) is 41.3 Å². The molecule has 6 nitrogen and oxygen atoms in total. The van der Waals surface area contributed by atoms with Crippen LogP contribution in [0.15, 0.2) is 36.4 Å². The van der Waals surface area contributed by atoms with Gasteiger partial charge < -0.3 is 20.1 Å². The van der Waals surface area contributed by atoms with Crippen LogP contribution in [0.3, 0.4) is 0 Å². The molecule has 0 saturated carbocycles. The molecular weight excluding hydrogens is 402 g/mol. The number of hydrogen-bond acceptors (Lipinski definition) is 5. The van der Waals surface area contributed by atoms with E-state index in [2.05, 4.69) is 4.90 Å². The van der Waals surface area contributed by atoms with Gasteiger partial charge in [-0.05, 0) is 53.8 Å². The van der Waals surface area contributed by atoms with Crippen molar-refractivity contribution in [1.29, 1.82) is 0 Å². The maximum absolute atomic E-state index is 13.4. The summed E-state index contributed by atoms with van der Waals surface area (Å²) in [7, 11) is 3.27. The number of nitrogens with two attached hydrogens (primary N) is 1. The van der Waals surface area contributed by atoms with Crippen molar-refractivity contribution < 1.29 is 14.3 Å². The molecule has 1 fully saturated rings. The van der Waals surface area contributed by atoms with Gasteiger partial charge in [-0.2, -0.15) is 0 Å². The molecule has 2 aliphatic heterocycles. The summed E-state index contributed by atoms with van der Waals surface area (Å²) in [5, 5.41) is 0.712. The zero-order chi connectivity index (χ0) is 21.3. The highest BCUT2D eigenvalue weighted by molar-refractivity contribution is 6.30. The second kappa shape index (κ2) is 8.84. The smallest absolute Gasteiger partial charge is 0.240 e. The topological polar surface area (TPSA) is 68.0 Å². The van der Waals surface area contributed by atoms with Crippen LogP contribution in [-0.4, -0.2) is 55.1 Å². The number of ether oxygens (including phenoxy) is 2. The number of halogens is 1. The highest BCUT2D eigenvalue weighted by atomic mass is 35.5. The van der Waals surface area contributed by atoms with Crippen LogP contribution in [0.25, 0.3) is 0 Å². The lowest BCUT2D eigenvalue weighted by molar-refractivity contribution is -0.137. The highest BCUT2D eigenvalue weighted by Crippen LogP contribution is 2.34. The number of nitrogens with zero attached hydrogens (tertiary/aromatic N) is 2. The van der Waals surface area contributed by atoms with E-state index in [0.29, 0.717) is 43.4 Å². The van der Waals surface area contributed by atoms with Crippen LogP contribution in [0, 0.1) is 0 Å². The standard InChI is InChI=1S/C23H28ClN3O3/c1-29-21-9-16-7-8-26(13-17(16)10-22(21)30-2)23(28)20-11-19(25)14-27(20)12-15-3-5-18(24)6-4-15/h3-6,9-10,19-20H,7-8,11-14,25H2,1-2H3/t19-,20-/m0/s1. The van der Waals surface area contributed by atoms with Gasteiger partial charge in [0, 0.05) is 37.2 Å². The van der Waals surface area contributed by atoms with E-state index in [-0.39, 0.29) is 18.0 Å². The van der Waals surface area contributed by atoms with Crippen LogP contribution in [0.1, 0.15) is 23.1 Å². The Morgan fingerprint density at radius 1 is 1.13 bits per heavy atom. The molecule has 2 atom stereocenters. The van der Waals surface area contributed by atoms with E-state index in [0.717, 1.165) is 23.3 Å². The molecule has 2 aromatic rings. The number of amides is 1. The molecule has 2 aromatic carbocycles. The number of methoxy groups -OCH3 is 2. The Morgan fingerprint density at radius 2 is 1.80 bits per heavy atom. The summed E-state index contributed by atoms with van der Waals surface area (Å²) in [5.74, 6) is 1.57. The molecule has 1 saturated heterocycles. The Kier molecular flexibility index (Phi) is 6.18. The summed E-state index contributed by atoms with van der Waals surface area (Å²) in [6.45, 7) is 2.68. The van der Waals surface area contributed by atoms with Crippen LogP contribution < -0.4 is 15.2 Å². The van der Waals surface area contributed by atoms with E-state index in [1.165, 1.54) is 5.56 Å². The predicted molar refractivity (Wildman–Crippen MR) is 117 cm³/mol.